The van der Waals surface area contributed by atoms with E-state index in [0.717, 1.165) is 26.2 Å². The first-order valence-electron chi connectivity index (χ1n) is 11.1. The van der Waals surface area contributed by atoms with Gasteiger partial charge in [-0.15, -0.1) is 0 Å². The molecule has 1 unspecified atom stereocenters. The average Bonchev–Trinajstić information content (AvgIpc) is 2.86. The van der Waals surface area contributed by atoms with Crippen LogP contribution in [0.3, 0.4) is 0 Å². The first-order chi connectivity index (χ1) is 17.1. The fourth-order valence-corrected chi connectivity index (χ4v) is 4.97. The Balaban J connectivity index is 2.00. The zero-order valence-corrected chi connectivity index (χ0v) is 23.1. The van der Waals surface area contributed by atoms with Crippen LogP contribution in [0.15, 0.2) is 83.3 Å². The number of benzene rings is 3. The molecule has 10 heteroatoms. The molecule has 0 spiro atoms. The maximum absolute atomic E-state index is 13.8. The molecule has 0 saturated heterocycles. The van der Waals surface area contributed by atoms with Crippen molar-refractivity contribution in [3.63, 3.8) is 0 Å². The van der Waals surface area contributed by atoms with Crippen LogP contribution in [-0.4, -0.2) is 51.0 Å². The Morgan fingerprint density at radius 3 is 2.11 bits per heavy atom. The summed E-state index contributed by atoms with van der Waals surface area (Å²) in [4.78, 5) is 28.2. The van der Waals surface area contributed by atoms with E-state index in [-0.39, 0.29) is 18.9 Å². The summed E-state index contributed by atoms with van der Waals surface area (Å²) in [7, 11) is -2.29. The number of nitrogens with one attached hydrogen (secondary N) is 1. The third-order valence-corrected chi connectivity index (χ3v) is 7.50. The van der Waals surface area contributed by atoms with Crippen molar-refractivity contribution in [2.24, 2.45) is 0 Å². The number of carbonyl (C=O) groups is 2. The van der Waals surface area contributed by atoms with Gasteiger partial charge in [0.05, 0.1) is 11.9 Å². The summed E-state index contributed by atoms with van der Waals surface area (Å²) in [6.45, 7) is -0.366. The zero-order chi connectivity index (χ0) is 26.3. The van der Waals surface area contributed by atoms with Gasteiger partial charge in [0.1, 0.15) is 12.6 Å². The number of hydrogen-bond acceptors (Lipinski definition) is 4. The highest BCUT2D eigenvalue weighted by Crippen LogP contribution is 2.22. The molecule has 0 aliphatic heterocycles. The lowest BCUT2D eigenvalue weighted by Crippen LogP contribution is -2.52. The molecule has 2 amide bonds. The summed E-state index contributed by atoms with van der Waals surface area (Å²) in [6, 6.07) is 22.1. The maximum atomic E-state index is 13.8. The summed E-state index contributed by atoms with van der Waals surface area (Å²) in [5, 5.41) is 3.19. The normalized spacial score (nSPS) is 12.0. The molecule has 1 atom stereocenters. The van der Waals surface area contributed by atoms with E-state index in [2.05, 4.69) is 21.2 Å². The van der Waals surface area contributed by atoms with Crippen LogP contribution in [0.5, 0.6) is 0 Å². The number of sulfonamides is 1. The maximum Gasteiger partial charge on any atom is 0.244 e. The zero-order valence-electron chi connectivity index (χ0n) is 19.9. The van der Waals surface area contributed by atoms with Gasteiger partial charge in [-0.2, -0.15) is 0 Å². The molecule has 0 aromatic heterocycles. The van der Waals surface area contributed by atoms with Crippen LogP contribution < -0.4 is 9.62 Å². The largest absolute Gasteiger partial charge is 0.357 e. The molecule has 7 nitrogen and oxygen atoms in total. The molecule has 3 aromatic rings. The molecule has 1 N–H and O–H groups in total. The Morgan fingerprint density at radius 1 is 0.944 bits per heavy atom. The van der Waals surface area contributed by atoms with E-state index in [9.17, 15) is 18.0 Å². The van der Waals surface area contributed by atoms with Gasteiger partial charge >= 0.3 is 0 Å². The van der Waals surface area contributed by atoms with Crippen molar-refractivity contribution < 1.29 is 18.0 Å². The molecule has 0 radical (unpaired) electrons. The predicted molar refractivity (Wildman–Crippen MR) is 146 cm³/mol. The molecule has 0 saturated carbocycles. The van der Waals surface area contributed by atoms with E-state index in [1.807, 2.05) is 30.3 Å². The van der Waals surface area contributed by atoms with Gasteiger partial charge in [-0.3, -0.25) is 13.9 Å². The minimum atomic E-state index is -3.80. The topological polar surface area (TPSA) is 86.8 Å². The van der Waals surface area contributed by atoms with Gasteiger partial charge < -0.3 is 10.2 Å². The Hall–Kier alpha value is -2.88. The third-order valence-electron chi connectivity index (χ3n) is 5.58. The summed E-state index contributed by atoms with van der Waals surface area (Å²) in [5.41, 5.74) is 1.97. The highest BCUT2D eigenvalue weighted by molar-refractivity contribution is 9.10. The molecule has 0 heterocycles. The van der Waals surface area contributed by atoms with Crippen LogP contribution >= 0.6 is 27.5 Å². The van der Waals surface area contributed by atoms with Crippen LogP contribution in [0.2, 0.25) is 5.02 Å². The number of nitrogens with zero attached hydrogens (tertiary/aromatic N) is 2. The van der Waals surface area contributed by atoms with Crippen molar-refractivity contribution >= 4 is 55.1 Å². The molecule has 0 aliphatic carbocycles. The second-order valence-electron chi connectivity index (χ2n) is 8.21. The molecule has 0 bridgehead atoms. The molecule has 3 rings (SSSR count). The number of carbonyl (C=O) groups excluding carboxylic acids is 2. The van der Waals surface area contributed by atoms with E-state index in [4.69, 9.17) is 11.6 Å². The Kier molecular flexibility index (Phi) is 9.53. The van der Waals surface area contributed by atoms with Crippen molar-refractivity contribution in [2.45, 2.75) is 19.0 Å². The van der Waals surface area contributed by atoms with Crippen molar-refractivity contribution in [3.05, 3.63) is 99.5 Å². The summed E-state index contributed by atoms with van der Waals surface area (Å²) < 4.78 is 27.2. The Morgan fingerprint density at radius 2 is 1.56 bits per heavy atom. The molecule has 0 fully saturated rings. The van der Waals surface area contributed by atoms with Crippen molar-refractivity contribution in [1.29, 1.82) is 0 Å². The standard InChI is InChI=1S/C26H27BrClN3O4S/c1-29-26(33)24(16-19-6-4-3-5-7-19)30(17-20-8-12-22(28)13-9-20)25(32)18-31(36(2,34)35)23-14-10-21(27)11-15-23/h3-15,24H,16-18H2,1-2H3,(H,29,33). The van der Waals surface area contributed by atoms with Crippen molar-refractivity contribution in [2.75, 3.05) is 24.2 Å². The molecule has 190 valence electrons. The van der Waals surface area contributed by atoms with Crippen LogP contribution in [-0.2, 0) is 32.6 Å². The van der Waals surface area contributed by atoms with Gasteiger partial charge in [0.15, 0.2) is 0 Å². The molecule has 36 heavy (non-hydrogen) atoms. The smallest absolute Gasteiger partial charge is 0.244 e. The quantitative estimate of drug-likeness (QED) is 0.381. The SMILES string of the molecule is CNC(=O)C(Cc1ccccc1)N(Cc1ccc(Cl)cc1)C(=O)CN(c1ccc(Br)cc1)S(C)(=O)=O. The number of anilines is 1. The van der Waals surface area contributed by atoms with E-state index in [0.29, 0.717) is 10.7 Å². The van der Waals surface area contributed by atoms with Gasteiger partial charge in [0, 0.05) is 29.5 Å². The lowest BCUT2D eigenvalue weighted by molar-refractivity contribution is -0.139. The van der Waals surface area contributed by atoms with Crippen molar-refractivity contribution in [3.8, 4) is 0 Å². The predicted octanol–water partition coefficient (Wildman–Crippen LogP) is 4.25. The average molecular weight is 593 g/mol. The van der Waals surface area contributed by atoms with Crippen LogP contribution in [0, 0.1) is 0 Å². The first-order valence-corrected chi connectivity index (χ1v) is 14.1. The number of hydrogen-bond donors (Lipinski definition) is 1. The van der Waals surface area contributed by atoms with Gasteiger partial charge in [-0.1, -0.05) is 70.0 Å². The molecular formula is C26H27BrClN3O4S. The van der Waals surface area contributed by atoms with Crippen LogP contribution in [0.1, 0.15) is 11.1 Å². The molecule has 0 aliphatic rings. The number of halogens is 2. The lowest BCUT2D eigenvalue weighted by atomic mass is 10.0. The van der Waals surface area contributed by atoms with E-state index >= 15 is 0 Å². The fraction of sp³-hybridized carbons (Fsp3) is 0.231. The summed E-state index contributed by atoms with van der Waals surface area (Å²) >= 11 is 9.37. The van der Waals surface area contributed by atoms with Crippen LogP contribution in [0.4, 0.5) is 5.69 Å². The van der Waals surface area contributed by atoms with Gasteiger partial charge in [0.25, 0.3) is 0 Å². The second kappa shape index (κ2) is 12.4. The highest BCUT2D eigenvalue weighted by atomic mass is 79.9. The summed E-state index contributed by atoms with van der Waals surface area (Å²) in [6.07, 6.45) is 1.31. The number of amides is 2. The monoisotopic (exact) mass is 591 g/mol. The van der Waals surface area contributed by atoms with Gasteiger partial charge in [-0.05, 0) is 47.5 Å². The minimum Gasteiger partial charge on any atom is -0.357 e. The third kappa shape index (κ3) is 7.56. The molecule has 3 aromatic carbocycles. The number of likely N-dealkylation sites (N-methyl/N-ethyl adjacent to an activating group) is 1. The first kappa shape index (κ1) is 27.7. The van der Waals surface area contributed by atoms with Crippen LogP contribution in [0.25, 0.3) is 0 Å². The van der Waals surface area contributed by atoms with E-state index < -0.39 is 28.5 Å². The fourth-order valence-electron chi connectivity index (χ4n) is 3.73. The lowest BCUT2D eigenvalue weighted by Gasteiger charge is -2.33. The highest BCUT2D eigenvalue weighted by Gasteiger charge is 2.32. The van der Waals surface area contributed by atoms with E-state index in [1.54, 1.807) is 48.5 Å². The summed E-state index contributed by atoms with van der Waals surface area (Å²) in [5.74, 6) is -0.862. The second-order valence-corrected chi connectivity index (χ2v) is 11.5. The van der Waals surface area contributed by atoms with Gasteiger partial charge in [0.2, 0.25) is 21.8 Å². The number of rotatable bonds is 10. The minimum absolute atomic E-state index is 0.0961. The van der Waals surface area contributed by atoms with Crippen molar-refractivity contribution in [1.82, 2.24) is 10.2 Å². The Bertz CT molecular complexity index is 1290. The van der Waals surface area contributed by atoms with Gasteiger partial charge in [-0.25, -0.2) is 8.42 Å². The van der Waals surface area contributed by atoms with E-state index in [1.165, 1.54) is 11.9 Å². The molecular weight excluding hydrogens is 566 g/mol. The Labute approximate surface area is 225 Å².